The Morgan fingerprint density at radius 1 is 1.41 bits per heavy atom. The largest absolute Gasteiger partial charge is 0.462 e. The highest BCUT2D eigenvalue weighted by Gasteiger charge is 2.33. The molecule has 94 valence electrons. The van der Waals surface area contributed by atoms with Crippen LogP contribution >= 0.6 is 11.8 Å². The van der Waals surface area contributed by atoms with Crippen molar-refractivity contribution in [1.82, 2.24) is 0 Å². The zero-order valence-electron chi connectivity index (χ0n) is 9.30. The number of hydrogen-bond donors (Lipinski definition) is 0. The molecule has 2 nitrogen and oxygen atoms in total. The molecule has 0 aromatic heterocycles. The fourth-order valence-corrected chi connectivity index (χ4v) is 1.92. The highest BCUT2D eigenvalue weighted by Crippen LogP contribution is 2.36. The number of halogens is 3. The predicted molar refractivity (Wildman–Crippen MR) is 59.2 cm³/mol. The summed E-state index contributed by atoms with van der Waals surface area (Å²) in [5.74, 6) is -0.614. The lowest BCUT2D eigenvalue weighted by Crippen LogP contribution is -2.10. The smallest absolute Gasteiger partial charge is 0.417 e. The van der Waals surface area contributed by atoms with Crippen molar-refractivity contribution in [3.63, 3.8) is 0 Å². The van der Waals surface area contributed by atoms with Gasteiger partial charge in [0.25, 0.3) is 0 Å². The summed E-state index contributed by atoms with van der Waals surface area (Å²) >= 11 is 0.944. The van der Waals surface area contributed by atoms with Crippen LogP contribution in [0.1, 0.15) is 22.8 Å². The van der Waals surface area contributed by atoms with Gasteiger partial charge in [-0.25, -0.2) is 4.79 Å². The van der Waals surface area contributed by atoms with Gasteiger partial charge in [-0.05, 0) is 31.4 Å². The molecule has 0 heterocycles. The Hall–Kier alpha value is -1.17. The quantitative estimate of drug-likeness (QED) is 0.616. The van der Waals surface area contributed by atoms with E-state index in [1.54, 1.807) is 6.92 Å². The summed E-state index contributed by atoms with van der Waals surface area (Å²) in [5.41, 5.74) is -0.609. The van der Waals surface area contributed by atoms with Crippen LogP contribution in [0, 0.1) is 0 Å². The van der Waals surface area contributed by atoms with Gasteiger partial charge < -0.3 is 4.74 Å². The van der Waals surface area contributed by atoms with E-state index in [1.807, 2.05) is 0 Å². The van der Waals surface area contributed by atoms with Crippen molar-refractivity contribution >= 4 is 17.7 Å². The Bertz CT molecular complexity index is 416. The average molecular weight is 264 g/mol. The molecule has 0 fully saturated rings. The van der Waals surface area contributed by atoms with E-state index in [1.165, 1.54) is 12.3 Å². The van der Waals surface area contributed by atoms with Crippen molar-refractivity contribution in [3.05, 3.63) is 29.3 Å². The van der Waals surface area contributed by atoms with E-state index in [0.717, 1.165) is 23.9 Å². The molecule has 6 heteroatoms. The number of hydrogen-bond acceptors (Lipinski definition) is 3. The molecule has 1 aromatic carbocycles. The minimum Gasteiger partial charge on any atom is -0.462 e. The maximum Gasteiger partial charge on any atom is 0.417 e. The van der Waals surface area contributed by atoms with E-state index >= 15 is 0 Å². The van der Waals surface area contributed by atoms with E-state index in [2.05, 4.69) is 0 Å². The summed E-state index contributed by atoms with van der Waals surface area (Å²) in [5, 5.41) is 0. The van der Waals surface area contributed by atoms with Crippen molar-refractivity contribution in [1.29, 1.82) is 0 Å². The first-order chi connectivity index (χ1) is 7.90. The standard InChI is InChI=1S/C11H11F3O2S/c1-3-16-10(15)7-4-5-8(11(12,13)14)9(6-7)17-2/h4-6H,3H2,1-2H3. The Balaban J connectivity index is 3.13. The van der Waals surface area contributed by atoms with Crippen LogP contribution in [0.15, 0.2) is 23.1 Å². The number of ether oxygens (including phenoxy) is 1. The number of carbonyl (C=O) groups excluding carboxylic acids is 1. The first-order valence-electron chi connectivity index (χ1n) is 4.82. The second kappa shape index (κ2) is 5.44. The molecule has 0 amide bonds. The van der Waals surface area contributed by atoms with E-state index in [-0.39, 0.29) is 17.1 Å². The maximum absolute atomic E-state index is 12.6. The molecule has 0 aliphatic carbocycles. The Kier molecular flexibility index (Phi) is 4.45. The highest BCUT2D eigenvalue weighted by molar-refractivity contribution is 7.98. The molecule has 0 aliphatic heterocycles. The summed E-state index contributed by atoms with van der Waals surface area (Å²) in [4.78, 5) is 11.4. The second-order valence-electron chi connectivity index (χ2n) is 3.13. The third-order valence-electron chi connectivity index (χ3n) is 2.02. The lowest BCUT2D eigenvalue weighted by molar-refractivity contribution is -0.139. The van der Waals surface area contributed by atoms with Gasteiger partial charge >= 0.3 is 12.1 Å². The zero-order chi connectivity index (χ0) is 13.1. The monoisotopic (exact) mass is 264 g/mol. The van der Waals surface area contributed by atoms with Crippen molar-refractivity contribution in [3.8, 4) is 0 Å². The number of carbonyl (C=O) groups is 1. The number of rotatable bonds is 3. The maximum atomic E-state index is 12.6. The fourth-order valence-electron chi connectivity index (χ4n) is 1.27. The van der Waals surface area contributed by atoms with Crippen LogP contribution < -0.4 is 0 Å². The second-order valence-corrected chi connectivity index (χ2v) is 3.98. The molecular formula is C11H11F3O2S. The lowest BCUT2D eigenvalue weighted by Gasteiger charge is -2.12. The number of benzene rings is 1. The molecule has 0 aliphatic rings. The van der Waals surface area contributed by atoms with Crippen LogP contribution in [-0.2, 0) is 10.9 Å². The molecule has 0 unspecified atom stereocenters. The third-order valence-corrected chi connectivity index (χ3v) is 2.80. The van der Waals surface area contributed by atoms with Gasteiger partial charge in [0.05, 0.1) is 17.7 Å². The lowest BCUT2D eigenvalue weighted by atomic mass is 10.1. The number of esters is 1. The molecule has 1 aromatic rings. The first kappa shape index (κ1) is 13.9. The minimum absolute atomic E-state index is 0.0167. The van der Waals surface area contributed by atoms with Gasteiger partial charge in [0.15, 0.2) is 0 Å². The van der Waals surface area contributed by atoms with Crippen molar-refractivity contribution < 1.29 is 22.7 Å². The van der Waals surface area contributed by atoms with Gasteiger partial charge in [-0.1, -0.05) is 0 Å². The molecular weight excluding hydrogens is 253 g/mol. The Labute approximate surface area is 101 Å². The molecule has 0 spiro atoms. The molecule has 0 atom stereocenters. The van der Waals surface area contributed by atoms with Gasteiger partial charge in [-0.15, -0.1) is 11.8 Å². The zero-order valence-corrected chi connectivity index (χ0v) is 10.1. The van der Waals surface area contributed by atoms with Crippen molar-refractivity contribution in [2.75, 3.05) is 12.9 Å². The third kappa shape index (κ3) is 3.39. The van der Waals surface area contributed by atoms with E-state index in [0.29, 0.717) is 0 Å². The Morgan fingerprint density at radius 2 is 2.06 bits per heavy atom. The van der Waals surface area contributed by atoms with Gasteiger partial charge in [0.2, 0.25) is 0 Å². The predicted octanol–water partition coefficient (Wildman–Crippen LogP) is 3.60. The van der Waals surface area contributed by atoms with Crippen LogP contribution in [0.3, 0.4) is 0 Å². The normalized spacial score (nSPS) is 11.4. The molecule has 0 saturated carbocycles. The molecule has 17 heavy (non-hydrogen) atoms. The van der Waals surface area contributed by atoms with Crippen LogP contribution in [0.5, 0.6) is 0 Å². The minimum atomic E-state index is -4.41. The van der Waals surface area contributed by atoms with Gasteiger partial charge in [-0.3, -0.25) is 0 Å². The number of alkyl halides is 3. The molecule has 0 radical (unpaired) electrons. The van der Waals surface area contributed by atoms with Crippen molar-refractivity contribution in [2.45, 2.75) is 18.0 Å². The van der Waals surface area contributed by atoms with E-state index < -0.39 is 17.7 Å². The van der Waals surface area contributed by atoms with Crippen molar-refractivity contribution in [2.24, 2.45) is 0 Å². The van der Waals surface area contributed by atoms with Gasteiger partial charge in [0, 0.05) is 4.90 Å². The first-order valence-corrected chi connectivity index (χ1v) is 6.05. The van der Waals surface area contributed by atoms with Gasteiger partial charge in [0.1, 0.15) is 0 Å². The topological polar surface area (TPSA) is 26.3 Å². The summed E-state index contributed by atoms with van der Waals surface area (Å²) in [6.45, 7) is 1.83. The van der Waals surface area contributed by atoms with Gasteiger partial charge in [-0.2, -0.15) is 13.2 Å². The van der Waals surface area contributed by atoms with Crippen LogP contribution in [0.4, 0.5) is 13.2 Å². The summed E-state index contributed by atoms with van der Waals surface area (Å²) in [7, 11) is 0. The fraction of sp³-hybridized carbons (Fsp3) is 0.364. The molecule has 0 saturated heterocycles. The molecule has 0 bridgehead atoms. The molecule has 1 rings (SSSR count). The SMILES string of the molecule is CCOC(=O)c1ccc(C(F)(F)F)c(SC)c1. The average Bonchev–Trinajstić information content (AvgIpc) is 2.27. The number of thioether (sulfide) groups is 1. The summed E-state index contributed by atoms with van der Waals surface area (Å²) < 4.78 is 42.5. The Morgan fingerprint density at radius 3 is 2.53 bits per heavy atom. The summed E-state index contributed by atoms with van der Waals surface area (Å²) in [6, 6.07) is 3.23. The van der Waals surface area contributed by atoms with Crippen LogP contribution in [0.25, 0.3) is 0 Å². The highest BCUT2D eigenvalue weighted by atomic mass is 32.2. The van der Waals surface area contributed by atoms with E-state index in [4.69, 9.17) is 4.74 Å². The molecule has 0 N–H and O–H groups in total. The van der Waals surface area contributed by atoms with Crippen LogP contribution in [-0.4, -0.2) is 18.8 Å². The van der Waals surface area contributed by atoms with E-state index in [9.17, 15) is 18.0 Å². The summed E-state index contributed by atoms with van der Waals surface area (Å²) in [6.07, 6.45) is -2.88. The van der Waals surface area contributed by atoms with Crippen LogP contribution in [0.2, 0.25) is 0 Å².